The normalized spacial score (nSPS) is 12.3. The van der Waals surface area contributed by atoms with Crippen LogP contribution in [0.5, 0.6) is 5.75 Å². The van der Waals surface area contributed by atoms with E-state index in [2.05, 4.69) is 14.7 Å². The molecule has 0 saturated carbocycles. The number of allylic oxidation sites excluding steroid dienone is 4. The minimum absolute atomic E-state index is 0.744. The summed E-state index contributed by atoms with van der Waals surface area (Å²) in [6.45, 7) is 1.94. The number of nitrogens with one attached hydrogen (secondary N) is 1. The van der Waals surface area contributed by atoms with Crippen LogP contribution in [0.2, 0.25) is 0 Å². The minimum atomic E-state index is 0.744. The highest BCUT2D eigenvalue weighted by Crippen LogP contribution is 2.14. The van der Waals surface area contributed by atoms with E-state index in [0.29, 0.717) is 0 Å². The molecule has 0 spiro atoms. The van der Waals surface area contributed by atoms with E-state index in [-0.39, 0.29) is 0 Å². The van der Waals surface area contributed by atoms with E-state index in [4.69, 9.17) is 10.6 Å². The Morgan fingerprint density at radius 2 is 2.18 bits per heavy atom. The van der Waals surface area contributed by atoms with Crippen molar-refractivity contribution in [3.63, 3.8) is 0 Å². The summed E-state index contributed by atoms with van der Waals surface area (Å²) < 4.78 is 5.77. The van der Waals surface area contributed by atoms with Gasteiger partial charge in [-0.1, -0.05) is 24.3 Å². The second-order valence-corrected chi connectivity index (χ2v) is 3.86. The molecule has 0 aliphatic heterocycles. The van der Waals surface area contributed by atoms with Crippen molar-refractivity contribution < 1.29 is 4.74 Å². The number of hydrazine groups is 1. The van der Waals surface area contributed by atoms with Gasteiger partial charge in [-0.15, -0.1) is 9.24 Å². The number of hydrogen-bond acceptors (Lipinski definition) is 3. The zero-order chi connectivity index (χ0) is 12.5. The third kappa shape index (κ3) is 4.85. The van der Waals surface area contributed by atoms with E-state index in [1.807, 2.05) is 49.4 Å². The van der Waals surface area contributed by atoms with Gasteiger partial charge < -0.3 is 10.2 Å². The van der Waals surface area contributed by atoms with Gasteiger partial charge in [0.1, 0.15) is 11.5 Å². The predicted molar refractivity (Wildman–Crippen MR) is 75.8 cm³/mol. The fourth-order valence-electron chi connectivity index (χ4n) is 1.19. The molecule has 1 unspecified atom stereocenters. The Balaban J connectivity index is 2.84. The van der Waals surface area contributed by atoms with Crippen LogP contribution in [0.3, 0.4) is 0 Å². The summed E-state index contributed by atoms with van der Waals surface area (Å²) >= 11 is 0. The third-order valence-corrected chi connectivity index (χ3v) is 2.41. The summed E-state index contributed by atoms with van der Waals surface area (Å²) in [5.74, 6) is 6.70. The molecule has 0 heterocycles. The number of benzene rings is 1. The summed E-state index contributed by atoms with van der Waals surface area (Å²) in [5.41, 5.74) is 2.43. The maximum absolute atomic E-state index is 5.77. The zero-order valence-electron chi connectivity index (χ0n) is 9.76. The van der Waals surface area contributed by atoms with Crippen LogP contribution in [0.1, 0.15) is 6.92 Å². The van der Waals surface area contributed by atoms with E-state index in [1.54, 1.807) is 12.3 Å². The number of ether oxygens (including phenoxy) is 1. The first-order valence-corrected chi connectivity index (χ1v) is 5.83. The van der Waals surface area contributed by atoms with E-state index in [1.165, 1.54) is 0 Å². The molecule has 0 fully saturated rings. The molecule has 0 aliphatic carbocycles. The molecule has 0 aliphatic rings. The molecule has 0 amide bonds. The lowest BCUT2D eigenvalue weighted by Gasteiger charge is -2.08. The van der Waals surface area contributed by atoms with E-state index in [0.717, 1.165) is 16.8 Å². The van der Waals surface area contributed by atoms with Crippen LogP contribution in [0.25, 0.3) is 0 Å². The molecule has 90 valence electrons. The molecule has 0 aromatic heterocycles. The summed E-state index contributed by atoms with van der Waals surface area (Å²) in [6, 6.07) is 7.80. The molecule has 3 N–H and O–H groups in total. The fraction of sp³-hybridized carbons (Fsp3) is 0.0769. The second-order valence-electron chi connectivity index (χ2n) is 3.23. The first-order chi connectivity index (χ1) is 8.27. The van der Waals surface area contributed by atoms with E-state index in [9.17, 15) is 0 Å². The van der Waals surface area contributed by atoms with Crippen molar-refractivity contribution in [2.24, 2.45) is 5.84 Å². The van der Waals surface area contributed by atoms with Crippen LogP contribution in [-0.4, -0.2) is 0 Å². The van der Waals surface area contributed by atoms with Crippen LogP contribution in [0, 0.1) is 0 Å². The molecule has 0 radical (unpaired) electrons. The van der Waals surface area contributed by atoms with Gasteiger partial charge in [0.05, 0.1) is 0 Å². The maximum atomic E-state index is 5.77. The SMILES string of the molecule is C/C=C/C(=C\C=C\NN)Oc1ccccc1P. The number of rotatable bonds is 5. The highest BCUT2D eigenvalue weighted by atomic mass is 31.0. The van der Waals surface area contributed by atoms with Crippen LogP contribution < -0.4 is 21.3 Å². The summed E-state index contributed by atoms with van der Waals surface area (Å²) in [7, 11) is 2.64. The van der Waals surface area contributed by atoms with Crippen LogP contribution in [0.4, 0.5) is 0 Å². The van der Waals surface area contributed by atoms with Gasteiger partial charge in [0.25, 0.3) is 0 Å². The molecule has 1 aromatic carbocycles. The van der Waals surface area contributed by atoms with Crippen LogP contribution in [-0.2, 0) is 0 Å². The van der Waals surface area contributed by atoms with Gasteiger partial charge in [-0.3, -0.25) is 5.84 Å². The highest BCUT2D eigenvalue weighted by molar-refractivity contribution is 7.27. The van der Waals surface area contributed by atoms with Gasteiger partial charge in [-0.2, -0.15) is 0 Å². The molecular weight excluding hydrogens is 231 g/mol. The monoisotopic (exact) mass is 248 g/mol. The Bertz CT molecular complexity index is 439. The highest BCUT2D eigenvalue weighted by Gasteiger charge is 1.99. The van der Waals surface area contributed by atoms with Crippen molar-refractivity contribution in [1.82, 2.24) is 5.43 Å². The minimum Gasteiger partial charge on any atom is -0.457 e. The molecular formula is C13H17N2OP. The van der Waals surface area contributed by atoms with Crippen molar-refractivity contribution >= 4 is 14.5 Å². The van der Waals surface area contributed by atoms with Gasteiger partial charge in [0, 0.05) is 11.5 Å². The average molecular weight is 248 g/mol. The number of hydrogen-bond donors (Lipinski definition) is 2. The first-order valence-electron chi connectivity index (χ1n) is 5.26. The van der Waals surface area contributed by atoms with Gasteiger partial charge >= 0.3 is 0 Å². The molecule has 1 aromatic rings. The van der Waals surface area contributed by atoms with E-state index < -0.39 is 0 Å². The quantitative estimate of drug-likeness (QED) is 0.275. The Hall–Kier alpha value is -1.57. The van der Waals surface area contributed by atoms with E-state index >= 15 is 0 Å². The molecule has 0 bridgehead atoms. The molecule has 1 atom stereocenters. The predicted octanol–water partition coefficient (Wildman–Crippen LogP) is 2.00. The van der Waals surface area contributed by atoms with Crippen molar-refractivity contribution in [3.8, 4) is 5.75 Å². The van der Waals surface area contributed by atoms with Crippen molar-refractivity contribution in [2.45, 2.75) is 6.92 Å². The van der Waals surface area contributed by atoms with Gasteiger partial charge in [-0.05, 0) is 31.2 Å². The maximum Gasteiger partial charge on any atom is 0.134 e. The fourth-order valence-corrected chi connectivity index (χ4v) is 1.45. The van der Waals surface area contributed by atoms with Crippen molar-refractivity contribution in [2.75, 3.05) is 0 Å². The standard InChI is InChI=1S/C13H17N2OP/c1-2-6-11(7-5-10-15-14)16-12-8-3-4-9-13(12)17/h2-10,15H,14,17H2,1H3/b6-2+,10-5+,11-7+. The second kappa shape index (κ2) is 7.66. The molecule has 3 nitrogen and oxygen atoms in total. The number of para-hydroxylation sites is 1. The van der Waals surface area contributed by atoms with Crippen molar-refractivity contribution in [1.29, 1.82) is 0 Å². The van der Waals surface area contributed by atoms with Gasteiger partial charge in [-0.25, -0.2) is 0 Å². The van der Waals surface area contributed by atoms with Crippen LogP contribution in [0.15, 0.2) is 60.5 Å². The molecule has 4 heteroatoms. The van der Waals surface area contributed by atoms with Gasteiger partial charge in [0.2, 0.25) is 0 Å². The molecule has 17 heavy (non-hydrogen) atoms. The number of nitrogens with two attached hydrogens (primary N) is 1. The molecule has 0 saturated heterocycles. The molecule has 1 rings (SSSR count). The lowest BCUT2D eigenvalue weighted by atomic mass is 10.3. The Morgan fingerprint density at radius 3 is 2.82 bits per heavy atom. The smallest absolute Gasteiger partial charge is 0.134 e. The first kappa shape index (κ1) is 13.5. The zero-order valence-corrected chi connectivity index (χ0v) is 10.9. The van der Waals surface area contributed by atoms with Crippen molar-refractivity contribution in [3.05, 3.63) is 60.5 Å². The summed E-state index contributed by atoms with van der Waals surface area (Å²) in [6.07, 6.45) is 9.04. The third-order valence-electron chi connectivity index (χ3n) is 1.93. The largest absolute Gasteiger partial charge is 0.457 e. The Labute approximate surface area is 104 Å². The summed E-state index contributed by atoms with van der Waals surface area (Å²) in [4.78, 5) is 0. The average Bonchev–Trinajstić information content (AvgIpc) is 2.32. The lowest BCUT2D eigenvalue weighted by Crippen LogP contribution is -2.12. The Morgan fingerprint density at radius 1 is 1.41 bits per heavy atom. The lowest BCUT2D eigenvalue weighted by molar-refractivity contribution is 0.448. The van der Waals surface area contributed by atoms with Gasteiger partial charge in [0.15, 0.2) is 0 Å². The topological polar surface area (TPSA) is 47.3 Å². The summed E-state index contributed by atoms with van der Waals surface area (Å²) in [5, 5.41) is 1.02. The Kier molecular flexibility index (Phi) is 6.08. The van der Waals surface area contributed by atoms with Crippen LogP contribution >= 0.6 is 9.24 Å².